The largest absolute Gasteiger partial charge is 0.293 e. The fourth-order valence-corrected chi connectivity index (χ4v) is 4.22. The van der Waals surface area contributed by atoms with Crippen LogP contribution in [0.25, 0.3) is 10.8 Å². The zero-order chi connectivity index (χ0) is 19.0. The monoisotopic (exact) mass is 362 g/mol. The molecule has 0 aliphatic carbocycles. The van der Waals surface area contributed by atoms with Crippen molar-refractivity contribution >= 4 is 34.1 Å². The van der Waals surface area contributed by atoms with Gasteiger partial charge in [0.25, 0.3) is 0 Å². The third-order valence-corrected chi connectivity index (χ3v) is 5.80. The van der Waals surface area contributed by atoms with Crippen molar-refractivity contribution in [2.45, 2.75) is 32.9 Å². The molecular formula is C23H22O2S. The number of hydrogen-bond acceptors (Lipinski definition) is 3. The summed E-state index contributed by atoms with van der Waals surface area (Å²) in [4.78, 5) is 26.5. The highest BCUT2D eigenvalue weighted by Gasteiger charge is 2.28. The molecule has 0 radical (unpaired) electrons. The Morgan fingerprint density at radius 2 is 1.54 bits per heavy atom. The minimum atomic E-state index is -0.267. The van der Waals surface area contributed by atoms with Gasteiger partial charge >= 0.3 is 0 Å². The van der Waals surface area contributed by atoms with Crippen molar-refractivity contribution in [1.82, 2.24) is 0 Å². The Labute approximate surface area is 158 Å². The summed E-state index contributed by atoms with van der Waals surface area (Å²) in [5.74, 6) is -0.187. The maximum absolute atomic E-state index is 13.3. The van der Waals surface area contributed by atoms with E-state index in [0.29, 0.717) is 16.7 Å². The van der Waals surface area contributed by atoms with E-state index >= 15 is 0 Å². The first-order chi connectivity index (χ1) is 12.3. The fourth-order valence-electron chi connectivity index (χ4n) is 3.45. The molecule has 1 atom stereocenters. The second-order valence-electron chi connectivity index (χ2n) is 6.73. The Morgan fingerprint density at radius 3 is 2.15 bits per heavy atom. The van der Waals surface area contributed by atoms with Crippen molar-refractivity contribution in [3.63, 3.8) is 0 Å². The summed E-state index contributed by atoms with van der Waals surface area (Å²) in [6.07, 6.45) is 3.70. The first-order valence-electron chi connectivity index (χ1n) is 8.63. The van der Waals surface area contributed by atoms with Crippen LogP contribution in [0.2, 0.25) is 0 Å². The molecule has 26 heavy (non-hydrogen) atoms. The van der Waals surface area contributed by atoms with Gasteiger partial charge in [-0.1, -0.05) is 36.9 Å². The third-order valence-electron chi connectivity index (χ3n) is 4.88. The van der Waals surface area contributed by atoms with Crippen LogP contribution in [0.4, 0.5) is 0 Å². The number of ketones is 2. The van der Waals surface area contributed by atoms with Gasteiger partial charge in [-0.05, 0) is 66.7 Å². The molecule has 0 bridgehead atoms. The van der Waals surface area contributed by atoms with Gasteiger partial charge < -0.3 is 0 Å². The van der Waals surface area contributed by atoms with E-state index in [4.69, 9.17) is 0 Å². The number of Topliss-reactive ketones (excluding diaryl/α,β-unsaturated/α-hetero) is 2. The van der Waals surface area contributed by atoms with Crippen molar-refractivity contribution in [1.29, 1.82) is 0 Å². The Kier molecular flexibility index (Phi) is 5.01. The minimum absolute atomic E-state index is 0.0123. The summed E-state index contributed by atoms with van der Waals surface area (Å²) in [5.41, 5.74) is 4.08. The normalized spacial score (nSPS) is 21.8. The van der Waals surface area contributed by atoms with Gasteiger partial charge in [0.05, 0.1) is 5.25 Å². The lowest BCUT2D eigenvalue weighted by Crippen LogP contribution is -2.20. The van der Waals surface area contributed by atoms with Crippen LogP contribution in [0, 0.1) is 13.8 Å². The van der Waals surface area contributed by atoms with Gasteiger partial charge in [0, 0.05) is 16.7 Å². The van der Waals surface area contributed by atoms with Crippen LogP contribution in [0.3, 0.4) is 0 Å². The predicted molar refractivity (Wildman–Crippen MR) is 111 cm³/mol. The van der Waals surface area contributed by atoms with Crippen LogP contribution in [0.15, 0.2) is 59.6 Å². The SMILES string of the molecule is C=C1/C=C(C)/C=C\SC(C)C(=O)c2c(c(C)c3ccccc3c2C)C1=O. The molecule has 3 rings (SSSR count). The molecule has 0 spiro atoms. The van der Waals surface area contributed by atoms with E-state index in [-0.39, 0.29) is 16.8 Å². The molecular weight excluding hydrogens is 340 g/mol. The lowest BCUT2D eigenvalue weighted by atomic mass is 9.84. The van der Waals surface area contributed by atoms with Crippen LogP contribution >= 0.6 is 11.8 Å². The molecule has 0 saturated carbocycles. The van der Waals surface area contributed by atoms with Gasteiger partial charge in [0.1, 0.15) is 0 Å². The molecule has 1 heterocycles. The summed E-state index contributed by atoms with van der Waals surface area (Å²) in [6, 6.07) is 7.94. The Balaban J connectivity index is 2.42. The van der Waals surface area contributed by atoms with Gasteiger partial charge in [-0.25, -0.2) is 0 Å². The highest BCUT2D eigenvalue weighted by atomic mass is 32.2. The van der Waals surface area contributed by atoms with E-state index in [9.17, 15) is 9.59 Å². The van der Waals surface area contributed by atoms with Crippen molar-refractivity contribution in [2.75, 3.05) is 0 Å². The third kappa shape index (κ3) is 3.08. The second kappa shape index (κ2) is 7.08. The summed E-state index contributed by atoms with van der Waals surface area (Å²) >= 11 is 1.47. The van der Waals surface area contributed by atoms with Crippen LogP contribution in [-0.2, 0) is 0 Å². The molecule has 2 aromatic carbocycles. The van der Waals surface area contributed by atoms with E-state index in [1.165, 1.54) is 11.8 Å². The quantitative estimate of drug-likeness (QED) is 0.541. The van der Waals surface area contributed by atoms with E-state index in [0.717, 1.165) is 27.5 Å². The topological polar surface area (TPSA) is 34.1 Å². The fraction of sp³-hybridized carbons (Fsp3) is 0.217. The van der Waals surface area contributed by atoms with E-state index in [1.807, 2.05) is 63.4 Å². The molecule has 0 aromatic heterocycles. The van der Waals surface area contributed by atoms with Gasteiger partial charge in [-0.2, -0.15) is 0 Å². The highest BCUT2D eigenvalue weighted by molar-refractivity contribution is 8.03. The molecule has 1 unspecified atom stereocenters. The number of fused-ring (bicyclic) bond motifs is 2. The van der Waals surface area contributed by atoms with Crippen molar-refractivity contribution in [3.05, 3.63) is 81.8 Å². The lowest BCUT2D eigenvalue weighted by molar-refractivity contribution is 0.0976. The first kappa shape index (κ1) is 18.4. The zero-order valence-electron chi connectivity index (χ0n) is 15.6. The van der Waals surface area contributed by atoms with E-state index in [1.54, 1.807) is 6.08 Å². The maximum atomic E-state index is 13.3. The molecule has 3 heteroatoms. The summed E-state index contributed by atoms with van der Waals surface area (Å²) in [5, 5.41) is 3.67. The molecule has 0 amide bonds. The van der Waals surface area contributed by atoms with Crippen molar-refractivity contribution in [2.24, 2.45) is 0 Å². The molecule has 2 aromatic rings. The van der Waals surface area contributed by atoms with Crippen LogP contribution in [0.1, 0.15) is 45.7 Å². The molecule has 1 aliphatic rings. The lowest BCUT2D eigenvalue weighted by Gasteiger charge is -2.19. The number of hydrogen-bond donors (Lipinski definition) is 0. The van der Waals surface area contributed by atoms with Gasteiger partial charge in [-0.15, -0.1) is 11.8 Å². The Bertz CT molecular complexity index is 1010. The van der Waals surface area contributed by atoms with Crippen molar-refractivity contribution < 1.29 is 9.59 Å². The van der Waals surface area contributed by atoms with Gasteiger partial charge in [-0.3, -0.25) is 9.59 Å². The average molecular weight is 362 g/mol. The van der Waals surface area contributed by atoms with Crippen LogP contribution in [0.5, 0.6) is 0 Å². The Morgan fingerprint density at radius 1 is 0.962 bits per heavy atom. The summed E-state index contributed by atoms with van der Waals surface area (Å²) in [6.45, 7) is 11.6. The summed E-state index contributed by atoms with van der Waals surface area (Å²) in [7, 11) is 0. The maximum Gasteiger partial charge on any atom is 0.193 e. The van der Waals surface area contributed by atoms with E-state index < -0.39 is 0 Å². The molecule has 132 valence electrons. The van der Waals surface area contributed by atoms with E-state index in [2.05, 4.69) is 6.58 Å². The Hall–Kier alpha value is -2.39. The molecule has 0 N–H and O–H groups in total. The standard InChI is InChI=1S/C23H22O2S/c1-13-10-11-26-17(5)23(25)21-16(4)19-9-7-6-8-18(19)15(3)20(21)22(24)14(2)12-13/h6-12,17H,2H2,1,3-5H3/b11-10-,13-12+. The number of thioether (sulfide) groups is 1. The summed E-state index contributed by atoms with van der Waals surface area (Å²) < 4.78 is 0. The smallest absolute Gasteiger partial charge is 0.193 e. The zero-order valence-corrected chi connectivity index (χ0v) is 16.4. The predicted octanol–water partition coefficient (Wildman–Crippen LogP) is 5.97. The number of carbonyl (C=O) groups excluding carboxylic acids is 2. The second-order valence-corrected chi connectivity index (χ2v) is 7.99. The van der Waals surface area contributed by atoms with Gasteiger partial charge in [0.2, 0.25) is 0 Å². The van der Waals surface area contributed by atoms with Crippen LogP contribution < -0.4 is 0 Å². The number of aryl methyl sites for hydroxylation is 2. The minimum Gasteiger partial charge on any atom is -0.293 e. The first-order valence-corrected chi connectivity index (χ1v) is 9.57. The van der Waals surface area contributed by atoms with Gasteiger partial charge in [0.15, 0.2) is 11.6 Å². The molecule has 0 fully saturated rings. The highest BCUT2D eigenvalue weighted by Crippen LogP contribution is 2.34. The number of rotatable bonds is 0. The molecule has 2 nitrogen and oxygen atoms in total. The molecule has 0 saturated heterocycles. The molecule has 1 aliphatic heterocycles. The van der Waals surface area contributed by atoms with Crippen molar-refractivity contribution in [3.8, 4) is 0 Å². The number of benzene rings is 2. The van der Waals surface area contributed by atoms with Crippen LogP contribution in [-0.4, -0.2) is 16.8 Å². The average Bonchev–Trinajstić information content (AvgIpc) is 2.63. The number of carbonyl (C=O) groups is 2. The number of allylic oxidation sites excluding steroid dienone is 4.